The van der Waals surface area contributed by atoms with Crippen LogP contribution < -0.4 is 10.6 Å². The molecule has 0 radical (unpaired) electrons. The van der Waals surface area contributed by atoms with E-state index in [0.29, 0.717) is 25.8 Å². The number of unbranched alkanes of at least 4 members (excludes halogenated alkanes) is 1. The maximum absolute atomic E-state index is 12.0. The highest BCUT2D eigenvalue weighted by molar-refractivity contribution is 6.08. The Hall–Kier alpha value is -1.63. The normalized spacial score (nSPS) is 22.6. The first kappa shape index (κ1) is 15.4. The minimum atomic E-state index is -0.908. The van der Waals surface area contributed by atoms with Crippen molar-refractivity contribution in [3.05, 3.63) is 0 Å². The van der Waals surface area contributed by atoms with Crippen LogP contribution in [0.3, 0.4) is 0 Å². The van der Waals surface area contributed by atoms with Crippen LogP contribution in [0.5, 0.6) is 0 Å². The molecule has 1 fully saturated rings. The van der Waals surface area contributed by atoms with Gasteiger partial charge in [0.1, 0.15) is 12.1 Å². The van der Waals surface area contributed by atoms with Crippen LogP contribution in [0.1, 0.15) is 33.1 Å². The van der Waals surface area contributed by atoms with E-state index >= 15 is 0 Å². The van der Waals surface area contributed by atoms with Gasteiger partial charge in [0.05, 0.1) is 0 Å². The van der Waals surface area contributed by atoms with E-state index in [1.165, 1.54) is 0 Å². The maximum atomic E-state index is 12.0. The maximum Gasteiger partial charge on any atom is 0.325 e. The molecule has 1 rings (SSSR count). The molecule has 7 heteroatoms. The number of urea groups is 1. The van der Waals surface area contributed by atoms with Crippen molar-refractivity contribution in [1.29, 1.82) is 0 Å². The van der Waals surface area contributed by atoms with Crippen molar-refractivity contribution in [1.82, 2.24) is 15.5 Å². The summed E-state index contributed by atoms with van der Waals surface area (Å²) in [6.45, 7) is 3.69. The second-order valence-corrected chi connectivity index (χ2v) is 4.79. The highest BCUT2D eigenvalue weighted by atomic mass is 16.3. The van der Waals surface area contributed by atoms with Crippen molar-refractivity contribution in [3.8, 4) is 0 Å². The molecule has 1 heterocycles. The molecule has 4 amide bonds. The van der Waals surface area contributed by atoms with Gasteiger partial charge in [-0.25, -0.2) is 4.79 Å². The Labute approximate surface area is 112 Å². The van der Waals surface area contributed by atoms with Crippen LogP contribution >= 0.6 is 0 Å². The minimum Gasteiger partial charge on any atom is -0.396 e. The SMILES string of the molecule is CCC1(C)NC(=O)N(CC(=O)NCCCCO)C1=O. The topological polar surface area (TPSA) is 98.7 Å². The number of carbonyl (C=O) groups excluding carboxylic acids is 3. The van der Waals surface area contributed by atoms with Crippen LogP contribution in [0, 0.1) is 0 Å². The Morgan fingerprint density at radius 2 is 2.11 bits per heavy atom. The third kappa shape index (κ3) is 3.66. The molecule has 0 bridgehead atoms. The third-order valence-corrected chi connectivity index (χ3v) is 3.26. The number of nitrogens with one attached hydrogen (secondary N) is 2. The number of imide groups is 1. The molecule has 0 aromatic heterocycles. The summed E-state index contributed by atoms with van der Waals surface area (Å²) in [5.74, 6) is -0.743. The number of hydrogen-bond acceptors (Lipinski definition) is 4. The second kappa shape index (κ2) is 6.51. The van der Waals surface area contributed by atoms with Gasteiger partial charge >= 0.3 is 6.03 Å². The van der Waals surface area contributed by atoms with Crippen LogP contribution in [-0.4, -0.2) is 53.1 Å². The van der Waals surface area contributed by atoms with E-state index < -0.39 is 11.6 Å². The monoisotopic (exact) mass is 271 g/mol. The molecule has 19 heavy (non-hydrogen) atoms. The lowest BCUT2D eigenvalue weighted by Gasteiger charge is -2.19. The molecule has 0 aromatic carbocycles. The average molecular weight is 271 g/mol. The fourth-order valence-electron chi connectivity index (χ4n) is 1.79. The summed E-state index contributed by atoms with van der Waals surface area (Å²) in [6, 6.07) is -0.528. The van der Waals surface area contributed by atoms with Gasteiger partial charge in [0.25, 0.3) is 5.91 Å². The van der Waals surface area contributed by atoms with E-state index in [1.54, 1.807) is 13.8 Å². The molecular weight excluding hydrogens is 250 g/mol. The Kier molecular flexibility index (Phi) is 5.29. The van der Waals surface area contributed by atoms with E-state index in [1.807, 2.05) is 0 Å². The molecule has 0 saturated carbocycles. The van der Waals surface area contributed by atoms with E-state index in [4.69, 9.17) is 5.11 Å². The van der Waals surface area contributed by atoms with Crippen molar-refractivity contribution in [2.24, 2.45) is 0 Å². The Balaban J connectivity index is 2.46. The number of amides is 4. The van der Waals surface area contributed by atoms with Gasteiger partial charge in [-0.05, 0) is 26.2 Å². The second-order valence-electron chi connectivity index (χ2n) is 4.79. The first-order valence-corrected chi connectivity index (χ1v) is 6.46. The fourth-order valence-corrected chi connectivity index (χ4v) is 1.79. The zero-order valence-electron chi connectivity index (χ0n) is 11.4. The molecule has 1 saturated heterocycles. The first-order valence-electron chi connectivity index (χ1n) is 6.46. The zero-order chi connectivity index (χ0) is 14.5. The van der Waals surface area contributed by atoms with E-state index in [2.05, 4.69) is 10.6 Å². The highest BCUT2D eigenvalue weighted by Crippen LogP contribution is 2.20. The van der Waals surface area contributed by atoms with Crippen molar-refractivity contribution < 1.29 is 19.5 Å². The van der Waals surface area contributed by atoms with E-state index in [0.717, 1.165) is 4.90 Å². The predicted molar refractivity (Wildman–Crippen MR) is 68.3 cm³/mol. The molecule has 0 aromatic rings. The molecule has 7 nitrogen and oxygen atoms in total. The van der Waals surface area contributed by atoms with Gasteiger partial charge in [-0.3, -0.25) is 14.5 Å². The van der Waals surface area contributed by atoms with Gasteiger partial charge in [0.15, 0.2) is 0 Å². The Morgan fingerprint density at radius 1 is 1.42 bits per heavy atom. The van der Waals surface area contributed by atoms with Crippen LogP contribution in [0.2, 0.25) is 0 Å². The minimum absolute atomic E-state index is 0.0811. The summed E-state index contributed by atoms with van der Waals surface area (Å²) < 4.78 is 0. The quantitative estimate of drug-likeness (QED) is 0.433. The number of aliphatic hydroxyl groups is 1. The number of nitrogens with zero attached hydrogens (tertiary/aromatic N) is 1. The summed E-state index contributed by atoms with van der Waals surface area (Å²) in [7, 11) is 0. The lowest BCUT2D eigenvalue weighted by molar-refractivity contribution is -0.134. The van der Waals surface area contributed by atoms with E-state index in [-0.39, 0.29) is 25.0 Å². The van der Waals surface area contributed by atoms with Gasteiger partial charge in [0, 0.05) is 13.2 Å². The van der Waals surface area contributed by atoms with Gasteiger partial charge in [-0.1, -0.05) is 6.92 Å². The number of carbonyl (C=O) groups is 3. The van der Waals surface area contributed by atoms with Crippen molar-refractivity contribution in [3.63, 3.8) is 0 Å². The zero-order valence-corrected chi connectivity index (χ0v) is 11.4. The van der Waals surface area contributed by atoms with Crippen molar-refractivity contribution in [2.45, 2.75) is 38.6 Å². The summed E-state index contributed by atoms with van der Waals surface area (Å²) in [5, 5.41) is 13.8. The molecule has 1 unspecified atom stereocenters. The van der Waals surface area contributed by atoms with Gasteiger partial charge in [0.2, 0.25) is 5.91 Å². The standard InChI is InChI=1S/C12H21N3O4/c1-3-12(2)10(18)15(11(19)14-12)8-9(17)13-6-4-5-7-16/h16H,3-8H2,1-2H3,(H,13,17)(H,14,19). The summed E-state index contributed by atoms with van der Waals surface area (Å²) in [4.78, 5) is 36.2. The number of rotatable bonds is 7. The summed E-state index contributed by atoms with van der Waals surface area (Å²) in [5.41, 5.74) is -0.908. The number of aliphatic hydroxyl groups excluding tert-OH is 1. The van der Waals surface area contributed by atoms with E-state index in [9.17, 15) is 14.4 Å². The van der Waals surface area contributed by atoms with Crippen LogP contribution in [0.25, 0.3) is 0 Å². The first-order chi connectivity index (χ1) is 8.94. The highest BCUT2D eigenvalue weighted by Gasteiger charge is 2.46. The van der Waals surface area contributed by atoms with Crippen molar-refractivity contribution >= 4 is 17.8 Å². The predicted octanol–water partition coefficient (Wildman–Crippen LogP) is -0.404. The molecule has 1 atom stereocenters. The summed E-state index contributed by atoms with van der Waals surface area (Å²) in [6.07, 6.45) is 1.75. The number of hydrogen-bond donors (Lipinski definition) is 3. The van der Waals surface area contributed by atoms with Gasteiger partial charge < -0.3 is 15.7 Å². The molecule has 1 aliphatic rings. The Morgan fingerprint density at radius 3 is 2.63 bits per heavy atom. The lowest BCUT2D eigenvalue weighted by atomic mass is 9.99. The lowest BCUT2D eigenvalue weighted by Crippen LogP contribution is -2.44. The fraction of sp³-hybridized carbons (Fsp3) is 0.750. The molecule has 3 N–H and O–H groups in total. The Bertz CT molecular complexity index is 372. The molecule has 0 spiro atoms. The van der Waals surface area contributed by atoms with Crippen LogP contribution in [0.15, 0.2) is 0 Å². The largest absolute Gasteiger partial charge is 0.396 e. The molecule has 0 aliphatic carbocycles. The average Bonchev–Trinajstić information content (AvgIpc) is 2.59. The molecule has 1 aliphatic heterocycles. The molecular formula is C12H21N3O4. The van der Waals surface area contributed by atoms with Crippen LogP contribution in [-0.2, 0) is 9.59 Å². The van der Waals surface area contributed by atoms with Crippen LogP contribution in [0.4, 0.5) is 4.79 Å². The van der Waals surface area contributed by atoms with Crippen molar-refractivity contribution in [2.75, 3.05) is 19.7 Å². The van der Waals surface area contributed by atoms with Gasteiger partial charge in [-0.2, -0.15) is 0 Å². The smallest absolute Gasteiger partial charge is 0.325 e. The molecule has 108 valence electrons. The third-order valence-electron chi connectivity index (χ3n) is 3.26. The summed E-state index contributed by atoms with van der Waals surface area (Å²) >= 11 is 0. The van der Waals surface area contributed by atoms with Gasteiger partial charge in [-0.15, -0.1) is 0 Å².